The number of hydrogen-bond acceptors (Lipinski definition) is 4. The van der Waals surface area contributed by atoms with Gasteiger partial charge in [0, 0.05) is 31.5 Å². The number of benzene rings is 1. The predicted molar refractivity (Wildman–Crippen MR) is 99.0 cm³/mol. The van der Waals surface area contributed by atoms with Gasteiger partial charge in [0.05, 0.1) is 0 Å². The Hall–Kier alpha value is -1.66. The van der Waals surface area contributed by atoms with Crippen LogP contribution >= 0.6 is 0 Å². The number of carbonyl (C=O) groups excluding carboxylic acids is 1. The Morgan fingerprint density at radius 3 is 2.64 bits per heavy atom. The first kappa shape index (κ1) is 19.7. The van der Waals surface area contributed by atoms with Crippen LogP contribution in [0.5, 0.6) is 0 Å². The molecule has 6 heteroatoms. The number of unbranched alkanes of at least 4 members (excludes halogenated alkanes) is 1. The summed E-state index contributed by atoms with van der Waals surface area (Å²) in [5.74, 6) is -0.138. The van der Waals surface area contributed by atoms with Crippen LogP contribution in [0.1, 0.15) is 31.2 Å². The monoisotopic (exact) mass is 365 g/mol. The van der Waals surface area contributed by atoms with Crippen molar-refractivity contribution in [1.29, 1.82) is 0 Å². The van der Waals surface area contributed by atoms with Crippen LogP contribution in [0.2, 0.25) is 0 Å². The predicted octanol–water partition coefficient (Wildman–Crippen LogP) is 1.96. The molecule has 1 aromatic carbocycles. The number of allylic oxidation sites excluding steroid dienone is 1. The fraction of sp³-hybridized carbons (Fsp3) is 0.526. The molecule has 2 rings (SSSR count). The summed E-state index contributed by atoms with van der Waals surface area (Å²) in [5, 5.41) is 10.5. The van der Waals surface area contributed by atoms with E-state index in [4.69, 9.17) is 0 Å². The zero-order valence-electron chi connectivity index (χ0n) is 14.7. The van der Waals surface area contributed by atoms with Crippen LogP contribution in [0.25, 0.3) is 0 Å². The van der Waals surface area contributed by atoms with Gasteiger partial charge in [-0.3, -0.25) is 4.79 Å². The molecule has 1 amide bonds. The maximum absolute atomic E-state index is 12.4. The second-order valence-electron chi connectivity index (χ2n) is 6.73. The Morgan fingerprint density at radius 1 is 1.24 bits per heavy atom. The summed E-state index contributed by atoms with van der Waals surface area (Å²) >= 11 is 0. The van der Waals surface area contributed by atoms with Crippen molar-refractivity contribution in [2.75, 3.05) is 25.1 Å². The molecule has 1 aromatic rings. The first-order valence-electron chi connectivity index (χ1n) is 8.71. The van der Waals surface area contributed by atoms with E-state index < -0.39 is 15.4 Å². The number of aliphatic hydroxyl groups is 1. The molecule has 1 aliphatic rings. The number of sulfone groups is 1. The van der Waals surface area contributed by atoms with Gasteiger partial charge in [0.25, 0.3) is 5.91 Å². The van der Waals surface area contributed by atoms with Crippen LogP contribution < -0.4 is 0 Å². The first-order valence-corrected chi connectivity index (χ1v) is 10.8. The molecule has 1 N–H and O–H groups in total. The van der Waals surface area contributed by atoms with Gasteiger partial charge in [-0.05, 0) is 37.3 Å². The third kappa shape index (κ3) is 6.29. The Labute approximate surface area is 150 Å². The Bertz CT molecular complexity index is 699. The van der Waals surface area contributed by atoms with E-state index in [0.717, 1.165) is 12.8 Å². The summed E-state index contributed by atoms with van der Waals surface area (Å²) < 4.78 is 22.2. The minimum absolute atomic E-state index is 0.138. The zero-order valence-corrected chi connectivity index (χ0v) is 15.5. The third-order valence-electron chi connectivity index (χ3n) is 4.45. The minimum atomic E-state index is -2.96. The van der Waals surface area contributed by atoms with E-state index in [1.54, 1.807) is 11.0 Å². The number of likely N-dealkylation sites (tertiary alicyclic amines) is 1. The van der Waals surface area contributed by atoms with E-state index in [1.165, 1.54) is 11.8 Å². The second-order valence-corrected chi connectivity index (χ2v) is 8.99. The third-order valence-corrected chi connectivity index (χ3v) is 5.48. The lowest BCUT2D eigenvalue weighted by Gasteiger charge is -2.19. The molecule has 0 saturated carbocycles. The van der Waals surface area contributed by atoms with Crippen molar-refractivity contribution >= 4 is 15.7 Å². The molecule has 0 aliphatic carbocycles. The summed E-state index contributed by atoms with van der Waals surface area (Å²) in [5.41, 5.74) is -0.183. The Balaban J connectivity index is 1.77. The molecule has 0 aromatic heterocycles. The normalized spacial score (nSPS) is 21.4. The average Bonchev–Trinajstić information content (AvgIpc) is 2.84. The summed E-state index contributed by atoms with van der Waals surface area (Å²) in [7, 11) is -2.96. The first-order chi connectivity index (χ1) is 11.8. The fourth-order valence-electron chi connectivity index (χ4n) is 3.00. The maximum Gasteiger partial charge on any atom is 0.258 e. The molecule has 5 nitrogen and oxygen atoms in total. The van der Waals surface area contributed by atoms with Gasteiger partial charge in [0.1, 0.15) is 9.84 Å². The molecule has 1 unspecified atom stereocenters. The largest absolute Gasteiger partial charge is 0.376 e. The van der Waals surface area contributed by atoms with Gasteiger partial charge < -0.3 is 10.0 Å². The highest BCUT2D eigenvalue weighted by atomic mass is 32.2. The molecule has 0 spiro atoms. The van der Waals surface area contributed by atoms with Crippen molar-refractivity contribution in [2.45, 2.75) is 37.7 Å². The maximum atomic E-state index is 12.4. The molecule has 0 radical (unpaired) electrons. The summed E-state index contributed by atoms with van der Waals surface area (Å²) in [6.07, 6.45) is 7.91. The highest BCUT2D eigenvalue weighted by molar-refractivity contribution is 7.90. The van der Waals surface area contributed by atoms with Crippen molar-refractivity contribution in [1.82, 2.24) is 4.90 Å². The van der Waals surface area contributed by atoms with Crippen LogP contribution in [0, 0.1) is 0 Å². The van der Waals surface area contributed by atoms with Crippen LogP contribution in [0.15, 0.2) is 42.5 Å². The van der Waals surface area contributed by atoms with Crippen molar-refractivity contribution in [3.05, 3.63) is 48.0 Å². The number of aryl methyl sites for hydroxylation is 1. The van der Waals surface area contributed by atoms with Crippen molar-refractivity contribution in [2.24, 2.45) is 0 Å². The number of rotatable bonds is 9. The van der Waals surface area contributed by atoms with E-state index in [1.807, 2.05) is 24.3 Å². The second kappa shape index (κ2) is 8.63. The van der Waals surface area contributed by atoms with E-state index in [-0.39, 0.29) is 11.7 Å². The molecule has 138 valence electrons. The molecular weight excluding hydrogens is 338 g/mol. The fourth-order valence-corrected chi connectivity index (χ4v) is 3.72. The summed E-state index contributed by atoms with van der Waals surface area (Å²) in [6.45, 7) is 1.01. The summed E-state index contributed by atoms with van der Waals surface area (Å²) in [6, 6.07) is 10.1. The molecule has 25 heavy (non-hydrogen) atoms. The molecule has 1 fully saturated rings. The lowest BCUT2D eigenvalue weighted by atomic mass is 10.0. The van der Waals surface area contributed by atoms with Gasteiger partial charge in [-0.2, -0.15) is 0 Å². The number of carbonyl (C=O) groups is 1. The molecular formula is C19H27NO4S. The minimum Gasteiger partial charge on any atom is -0.376 e. The van der Waals surface area contributed by atoms with Crippen LogP contribution in [0.4, 0.5) is 0 Å². The van der Waals surface area contributed by atoms with E-state index in [9.17, 15) is 18.3 Å². The van der Waals surface area contributed by atoms with Crippen LogP contribution in [0.3, 0.4) is 0 Å². The molecule has 1 atom stereocenters. The van der Waals surface area contributed by atoms with Crippen LogP contribution in [-0.2, 0) is 21.1 Å². The van der Waals surface area contributed by atoms with Crippen molar-refractivity contribution < 1.29 is 18.3 Å². The molecule has 1 heterocycles. The van der Waals surface area contributed by atoms with E-state index in [2.05, 4.69) is 12.1 Å². The number of amides is 1. The Kier molecular flexibility index (Phi) is 6.79. The molecule has 1 aliphatic heterocycles. The van der Waals surface area contributed by atoms with Gasteiger partial charge in [-0.25, -0.2) is 8.42 Å². The van der Waals surface area contributed by atoms with E-state index >= 15 is 0 Å². The van der Waals surface area contributed by atoms with Gasteiger partial charge in [-0.15, -0.1) is 0 Å². The summed E-state index contributed by atoms with van der Waals surface area (Å²) in [4.78, 5) is 14.0. The zero-order chi connectivity index (χ0) is 18.3. The van der Waals surface area contributed by atoms with Crippen molar-refractivity contribution in [3.63, 3.8) is 0 Å². The highest BCUT2D eigenvalue weighted by Crippen LogP contribution is 2.25. The SMILES string of the molecule is CS(=O)(=O)CCCCN1CCC(O)(/C=C/CCc2ccccc2)C1=O. The standard InChI is InChI=1S/C19H27NO4S/c1-25(23,24)16-8-7-14-20-15-13-19(22,18(20)21)12-6-5-11-17-9-3-2-4-10-17/h2-4,6,9-10,12,22H,5,7-8,11,13-16H2,1H3/b12-6+. The number of hydrogen-bond donors (Lipinski definition) is 1. The van der Waals surface area contributed by atoms with E-state index in [0.29, 0.717) is 32.4 Å². The van der Waals surface area contributed by atoms with Crippen molar-refractivity contribution in [3.8, 4) is 0 Å². The van der Waals surface area contributed by atoms with Gasteiger partial charge in [0.2, 0.25) is 0 Å². The average molecular weight is 365 g/mol. The smallest absolute Gasteiger partial charge is 0.258 e. The quantitative estimate of drug-likeness (QED) is 0.536. The number of nitrogens with zero attached hydrogens (tertiary/aromatic N) is 1. The Morgan fingerprint density at radius 2 is 1.96 bits per heavy atom. The van der Waals surface area contributed by atoms with Gasteiger partial charge in [0.15, 0.2) is 5.60 Å². The highest BCUT2D eigenvalue weighted by Gasteiger charge is 2.42. The van der Waals surface area contributed by atoms with Gasteiger partial charge in [-0.1, -0.05) is 36.4 Å². The molecule has 1 saturated heterocycles. The lowest BCUT2D eigenvalue weighted by molar-refractivity contribution is -0.139. The van der Waals surface area contributed by atoms with Crippen LogP contribution in [-0.4, -0.2) is 55.0 Å². The lowest BCUT2D eigenvalue weighted by Crippen LogP contribution is -2.38. The van der Waals surface area contributed by atoms with Gasteiger partial charge >= 0.3 is 0 Å². The topological polar surface area (TPSA) is 74.7 Å². The molecule has 0 bridgehead atoms.